The molecule has 0 saturated heterocycles. The molecule has 0 unspecified atom stereocenters. The van der Waals surface area contributed by atoms with Gasteiger partial charge in [-0.1, -0.05) is 30.3 Å². The quantitative estimate of drug-likeness (QED) is 0.297. The van der Waals surface area contributed by atoms with Gasteiger partial charge in [0, 0.05) is 30.0 Å². The minimum atomic E-state index is 0.594. The molecule has 3 aliphatic heterocycles. The van der Waals surface area contributed by atoms with E-state index in [4.69, 9.17) is 4.74 Å². The van der Waals surface area contributed by atoms with Gasteiger partial charge in [-0.05, 0) is 54.1 Å². The molecule has 0 amide bonds. The van der Waals surface area contributed by atoms with E-state index in [1.54, 1.807) is 12.1 Å². The average molecular weight is 454 g/mol. The van der Waals surface area contributed by atoms with Gasteiger partial charge in [0.05, 0.1) is 40.9 Å². The maximum absolute atomic E-state index is 9.73. The van der Waals surface area contributed by atoms with E-state index < -0.39 is 0 Å². The van der Waals surface area contributed by atoms with Gasteiger partial charge in [0.2, 0.25) is 0 Å². The average Bonchev–Trinajstić information content (AvgIpc) is 2.91. The van der Waals surface area contributed by atoms with Crippen molar-refractivity contribution in [3.05, 3.63) is 101 Å². The fourth-order valence-corrected chi connectivity index (χ4v) is 5.47. The van der Waals surface area contributed by atoms with Crippen LogP contribution < -0.4 is 19.4 Å². The highest BCUT2D eigenvalue weighted by Crippen LogP contribution is 2.51. The number of benzene rings is 4. The number of ether oxygens (including phenoxy) is 1. The Hall–Kier alpha value is -4.94. The molecular weight excluding hydrogens is 434 g/mol. The molecule has 4 aromatic carbocycles. The molecule has 0 N–H and O–H groups in total. The molecule has 4 aromatic rings. The van der Waals surface area contributed by atoms with Crippen molar-refractivity contribution in [2.24, 2.45) is 0 Å². The summed E-state index contributed by atoms with van der Waals surface area (Å²) in [5, 5.41) is 19.4. The van der Waals surface area contributed by atoms with Crippen LogP contribution in [0.1, 0.15) is 22.3 Å². The molecule has 0 spiro atoms. The van der Waals surface area contributed by atoms with Crippen LogP contribution in [-0.4, -0.2) is 6.67 Å². The summed E-state index contributed by atoms with van der Waals surface area (Å²) in [7, 11) is 0. The molecular formula is C29H19N5O. The molecule has 3 heterocycles. The van der Waals surface area contributed by atoms with Gasteiger partial charge < -0.3 is 19.4 Å². The molecule has 3 aliphatic rings. The minimum absolute atomic E-state index is 0.594. The maximum atomic E-state index is 9.73. The van der Waals surface area contributed by atoms with Crippen molar-refractivity contribution in [2.75, 3.05) is 21.4 Å². The normalized spacial score (nSPS) is 14.5. The fraction of sp³-hybridized carbons (Fsp3) is 0.103. The van der Waals surface area contributed by atoms with Gasteiger partial charge in [-0.15, -0.1) is 0 Å². The van der Waals surface area contributed by atoms with E-state index in [1.807, 2.05) is 36.4 Å². The number of nitrogens with zero attached hydrogens (tertiary/aromatic N) is 5. The summed E-state index contributed by atoms with van der Waals surface area (Å²) in [5.41, 5.74) is 8.48. The van der Waals surface area contributed by atoms with Gasteiger partial charge in [0.15, 0.2) is 11.5 Å². The first kappa shape index (κ1) is 19.5. The fourth-order valence-electron chi connectivity index (χ4n) is 5.47. The Labute approximate surface area is 203 Å². The molecule has 6 nitrogen and oxygen atoms in total. The van der Waals surface area contributed by atoms with Gasteiger partial charge >= 0.3 is 0 Å². The minimum Gasteiger partial charge on any atom is -0.453 e. The van der Waals surface area contributed by atoms with Crippen LogP contribution in [-0.2, 0) is 13.1 Å². The summed E-state index contributed by atoms with van der Waals surface area (Å²) in [5.74, 6) is 1.65. The van der Waals surface area contributed by atoms with Crippen LogP contribution >= 0.6 is 0 Å². The molecule has 0 radical (unpaired) electrons. The molecule has 6 heteroatoms. The van der Waals surface area contributed by atoms with Gasteiger partial charge in [-0.3, -0.25) is 0 Å². The second kappa shape index (κ2) is 7.28. The molecule has 0 fully saturated rings. The summed E-state index contributed by atoms with van der Waals surface area (Å²) in [6, 6.07) is 30.9. The van der Waals surface area contributed by atoms with Crippen molar-refractivity contribution in [1.82, 2.24) is 0 Å². The zero-order chi connectivity index (χ0) is 23.5. The van der Waals surface area contributed by atoms with Crippen LogP contribution in [0.15, 0.2) is 78.9 Å². The number of fused-ring (bicyclic) bond motifs is 8. The summed E-state index contributed by atoms with van der Waals surface area (Å²) >= 11 is 0. The van der Waals surface area contributed by atoms with Gasteiger partial charge in [0.1, 0.15) is 6.07 Å². The number of hydrogen-bond donors (Lipinski definition) is 0. The lowest BCUT2D eigenvalue weighted by molar-refractivity contribution is 0.477. The zero-order valence-corrected chi connectivity index (χ0v) is 18.8. The molecule has 0 aliphatic carbocycles. The first-order valence-electron chi connectivity index (χ1n) is 11.5. The first-order chi connectivity index (χ1) is 17.2. The monoisotopic (exact) mass is 453 g/mol. The van der Waals surface area contributed by atoms with E-state index in [0.717, 1.165) is 45.5 Å². The molecule has 35 heavy (non-hydrogen) atoms. The summed E-state index contributed by atoms with van der Waals surface area (Å²) in [4.78, 5) is 6.75. The zero-order valence-electron chi connectivity index (χ0n) is 18.8. The topological polar surface area (TPSA) is 66.5 Å². The third-order valence-electron chi connectivity index (χ3n) is 6.99. The lowest BCUT2D eigenvalue weighted by Gasteiger charge is -2.45. The Morgan fingerprint density at radius 3 is 2.09 bits per heavy atom. The lowest BCUT2D eigenvalue weighted by atomic mass is 9.95. The highest BCUT2D eigenvalue weighted by Gasteiger charge is 2.34. The van der Waals surface area contributed by atoms with E-state index in [1.165, 1.54) is 5.56 Å². The number of para-hydroxylation sites is 4. The van der Waals surface area contributed by atoms with Gasteiger partial charge in [-0.25, -0.2) is 0 Å². The predicted octanol–water partition coefficient (Wildman–Crippen LogP) is 6.30. The van der Waals surface area contributed by atoms with Crippen LogP contribution in [0.3, 0.4) is 0 Å². The SMILES string of the molecule is N#Cc1ccc(C#N)c2c1CN1CN2Cc2ccc(N3c4ccccc4Oc4ccccc43)cc21. The van der Waals surface area contributed by atoms with Crippen LogP contribution in [0.2, 0.25) is 0 Å². The summed E-state index contributed by atoms with van der Waals surface area (Å²) in [6.45, 7) is 1.97. The first-order valence-corrected chi connectivity index (χ1v) is 11.5. The molecule has 0 aromatic heterocycles. The van der Waals surface area contributed by atoms with Crippen molar-refractivity contribution >= 4 is 28.4 Å². The molecule has 7 rings (SSSR count). The predicted molar refractivity (Wildman–Crippen MR) is 134 cm³/mol. The largest absolute Gasteiger partial charge is 0.453 e. The summed E-state index contributed by atoms with van der Waals surface area (Å²) < 4.78 is 6.18. The highest BCUT2D eigenvalue weighted by molar-refractivity contribution is 5.88. The van der Waals surface area contributed by atoms with Crippen molar-refractivity contribution in [3.8, 4) is 23.6 Å². The van der Waals surface area contributed by atoms with E-state index >= 15 is 0 Å². The summed E-state index contributed by atoms with van der Waals surface area (Å²) in [6.07, 6.45) is 0. The van der Waals surface area contributed by atoms with Crippen LogP contribution in [0.4, 0.5) is 28.4 Å². The van der Waals surface area contributed by atoms with Gasteiger partial charge in [0.25, 0.3) is 0 Å². The second-order valence-electron chi connectivity index (χ2n) is 8.93. The number of anilines is 5. The number of hydrogen-bond acceptors (Lipinski definition) is 6. The van der Waals surface area contributed by atoms with E-state index in [-0.39, 0.29) is 0 Å². The van der Waals surface area contributed by atoms with Crippen molar-refractivity contribution < 1.29 is 4.74 Å². The number of nitriles is 2. The van der Waals surface area contributed by atoms with Crippen molar-refractivity contribution in [3.63, 3.8) is 0 Å². The Bertz CT molecular complexity index is 1570. The Morgan fingerprint density at radius 2 is 1.37 bits per heavy atom. The third-order valence-corrected chi connectivity index (χ3v) is 6.99. The standard InChI is InChI=1S/C29H19N5O/c30-14-19-9-10-20(15-31)29-23(19)17-32-18-33(29)16-21-11-12-22(13-26(21)32)34-24-5-1-3-7-27(24)35-28-8-4-2-6-25(28)34/h1-13H,16-18H2. The van der Waals surface area contributed by atoms with Gasteiger partial charge in [-0.2, -0.15) is 10.5 Å². The molecule has 2 bridgehead atoms. The van der Waals surface area contributed by atoms with Crippen molar-refractivity contribution in [1.29, 1.82) is 10.5 Å². The van der Waals surface area contributed by atoms with Crippen molar-refractivity contribution in [2.45, 2.75) is 13.1 Å². The smallest absolute Gasteiger partial charge is 0.151 e. The van der Waals surface area contributed by atoms with E-state index in [0.29, 0.717) is 30.9 Å². The highest BCUT2D eigenvalue weighted by atomic mass is 16.5. The van der Waals surface area contributed by atoms with Crippen LogP contribution in [0, 0.1) is 22.7 Å². The molecule has 166 valence electrons. The Balaban J connectivity index is 1.36. The molecule has 0 saturated carbocycles. The van der Waals surface area contributed by atoms with E-state index in [9.17, 15) is 10.5 Å². The van der Waals surface area contributed by atoms with E-state index in [2.05, 4.69) is 57.2 Å². The number of rotatable bonds is 1. The third kappa shape index (κ3) is 2.81. The maximum Gasteiger partial charge on any atom is 0.151 e. The van der Waals surface area contributed by atoms with Crippen LogP contribution in [0.5, 0.6) is 11.5 Å². The Morgan fingerprint density at radius 1 is 0.686 bits per heavy atom. The molecule has 0 atom stereocenters. The lowest BCUT2D eigenvalue weighted by Crippen LogP contribution is -2.46. The van der Waals surface area contributed by atoms with Crippen LogP contribution in [0.25, 0.3) is 0 Å². The second-order valence-corrected chi connectivity index (χ2v) is 8.93. The Kier molecular flexibility index (Phi) is 4.06.